The number of unbranched alkanes of at least 4 members (excludes halogenated alkanes) is 1. The number of nitriles is 1. The summed E-state index contributed by atoms with van der Waals surface area (Å²) < 4.78 is 1.64. The van der Waals surface area contributed by atoms with Gasteiger partial charge in [0.15, 0.2) is 0 Å². The minimum atomic E-state index is -0.237. The van der Waals surface area contributed by atoms with Crippen molar-refractivity contribution in [2.75, 3.05) is 0 Å². The van der Waals surface area contributed by atoms with E-state index in [0.717, 1.165) is 24.2 Å². The van der Waals surface area contributed by atoms with Gasteiger partial charge in [-0.1, -0.05) is 19.4 Å². The van der Waals surface area contributed by atoms with Gasteiger partial charge in [-0.15, -0.1) is 0 Å². The highest BCUT2D eigenvalue weighted by molar-refractivity contribution is 5.55. The van der Waals surface area contributed by atoms with Crippen LogP contribution in [0.3, 0.4) is 0 Å². The largest absolute Gasteiger partial charge is 0.306 e. The summed E-state index contributed by atoms with van der Waals surface area (Å²) in [6.45, 7) is 2.68. The molecule has 2 aromatic rings. The van der Waals surface area contributed by atoms with Crippen LogP contribution in [-0.4, -0.2) is 9.55 Å². The molecule has 2 aromatic heterocycles. The second-order valence-electron chi connectivity index (χ2n) is 4.27. The Morgan fingerprint density at radius 3 is 2.79 bits per heavy atom. The number of pyridine rings is 2. The summed E-state index contributed by atoms with van der Waals surface area (Å²) in [6, 6.07) is 10.9. The summed E-state index contributed by atoms with van der Waals surface area (Å²) in [5, 5.41) is 8.95. The van der Waals surface area contributed by atoms with Gasteiger partial charge in [-0.2, -0.15) is 5.26 Å². The van der Waals surface area contributed by atoms with E-state index in [9.17, 15) is 4.79 Å². The van der Waals surface area contributed by atoms with Crippen LogP contribution < -0.4 is 5.56 Å². The lowest BCUT2D eigenvalue weighted by Crippen LogP contribution is -2.24. The molecule has 19 heavy (non-hydrogen) atoms. The Kier molecular flexibility index (Phi) is 4.09. The molecule has 0 fully saturated rings. The van der Waals surface area contributed by atoms with Crippen molar-refractivity contribution in [3.8, 4) is 17.5 Å². The third-order valence-corrected chi connectivity index (χ3v) is 2.96. The minimum absolute atomic E-state index is 0.177. The van der Waals surface area contributed by atoms with Crippen LogP contribution in [0.4, 0.5) is 0 Å². The maximum absolute atomic E-state index is 12.2. The molecule has 2 rings (SSSR count). The van der Waals surface area contributed by atoms with Crippen molar-refractivity contribution in [2.45, 2.75) is 26.3 Å². The lowest BCUT2D eigenvalue weighted by molar-refractivity contribution is 0.616. The molecule has 0 aliphatic carbocycles. The summed E-state index contributed by atoms with van der Waals surface area (Å²) >= 11 is 0. The third kappa shape index (κ3) is 2.71. The van der Waals surface area contributed by atoms with Gasteiger partial charge < -0.3 is 4.57 Å². The molecule has 0 aliphatic heterocycles. The zero-order valence-corrected chi connectivity index (χ0v) is 10.8. The van der Waals surface area contributed by atoms with Crippen LogP contribution in [-0.2, 0) is 6.54 Å². The molecular formula is C15H15N3O. The van der Waals surface area contributed by atoms with Crippen LogP contribution in [0.2, 0.25) is 0 Å². The second kappa shape index (κ2) is 5.96. The fraction of sp³-hybridized carbons (Fsp3) is 0.267. The fourth-order valence-corrected chi connectivity index (χ4v) is 1.94. The van der Waals surface area contributed by atoms with Gasteiger partial charge >= 0.3 is 0 Å². The minimum Gasteiger partial charge on any atom is -0.306 e. The number of aromatic nitrogens is 2. The molecule has 4 nitrogen and oxygen atoms in total. The van der Waals surface area contributed by atoms with Crippen molar-refractivity contribution in [1.82, 2.24) is 9.55 Å². The molecule has 0 amide bonds. The standard InChI is InChI=1S/C15H15N3O/c1-2-3-10-18-14(13-6-4-5-9-17-13)8-7-12(11-16)15(18)19/h4-9H,2-3,10H2,1H3. The zero-order chi connectivity index (χ0) is 13.7. The first-order valence-electron chi connectivity index (χ1n) is 6.33. The Morgan fingerprint density at radius 1 is 1.32 bits per heavy atom. The van der Waals surface area contributed by atoms with Gasteiger partial charge in [0.05, 0.1) is 11.4 Å². The number of hydrogen-bond acceptors (Lipinski definition) is 3. The molecule has 0 radical (unpaired) electrons. The molecule has 0 N–H and O–H groups in total. The van der Waals surface area contributed by atoms with Crippen molar-refractivity contribution in [2.24, 2.45) is 0 Å². The van der Waals surface area contributed by atoms with Crippen molar-refractivity contribution < 1.29 is 0 Å². The summed E-state index contributed by atoms with van der Waals surface area (Å²) in [4.78, 5) is 16.5. The van der Waals surface area contributed by atoms with E-state index in [-0.39, 0.29) is 11.1 Å². The van der Waals surface area contributed by atoms with Gasteiger partial charge in [-0.05, 0) is 30.7 Å². The quantitative estimate of drug-likeness (QED) is 0.841. The second-order valence-corrected chi connectivity index (χ2v) is 4.27. The fourth-order valence-electron chi connectivity index (χ4n) is 1.94. The van der Waals surface area contributed by atoms with Crippen molar-refractivity contribution in [3.05, 3.63) is 52.4 Å². The predicted octanol–water partition coefficient (Wildman–Crippen LogP) is 2.58. The van der Waals surface area contributed by atoms with Gasteiger partial charge in [0.25, 0.3) is 5.56 Å². The summed E-state index contributed by atoms with van der Waals surface area (Å²) in [6.07, 6.45) is 3.58. The highest BCUT2D eigenvalue weighted by Gasteiger charge is 2.10. The van der Waals surface area contributed by atoms with E-state index in [1.165, 1.54) is 0 Å². The Bertz CT molecular complexity index is 653. The summed E-state index contributed by atoms with van der Waals surface area (Å²) in [7, 11) is 0. The van der Waals surface area contributed by atoms with Crippen molar-refractivity contribution in [1.29, 1.82) is 5.26 Å². The molecule has 4 heteroatoms. The Hall–Kier alpha value is -2.41. The van der Waals surface area contributed by atoms with Crippen LogP contribution in [0.5, 0.6) is 0 Å². The van der Waals surface area contributed by atoms with Crippen LogP contribution in [0.1, 0.15) is 25.3 Å². The molecule has 0 saturated carbocycles. The highest BCUT2D eigenvalue weighted by atomic mass is 16.1. The SMILES string of the molecule is CCCCn1c(-c2ccccn2)ccc(C#N)c1=O. The van der Waals surface area contributed by atoms with E-state index in [1.54, 1.807) is 22.9 Å². The maximum atomic E-state index is 12.2. The van der Waals surface area contributed by atoms with E-state index < -0.39 is 0 Å². The number of nitrogens with zero attached hydrogens (tertiary/aromatic N) is 3. The van der Waals surface area contributed by atoms with Gasteiger partial charge in [-0.25, -0.2) is 0 Å². The van der Waals surface area contributed by atoms with E-state index in [2.05, 4.69) is 11.9 Å². The first-order chi connectivity index (χ1) is 9.27. The first kappa shape index (κ1) is 13.0. The number of rotatable bonds is 4. The Labute approximate surface area is 112 Å². The smallest absolute Gasteiger partial charge is 0.268 e. The van der Waals surface area contributed by atoms with Crippen LogP contribution >= 0.6 is 0 Å². The van der Waals surface area contributed by atoms with Crippen molar-refractivity contribution >= 4 is 0 Å². The molecule has 0 unspecified atom stereocenters. The first-order valence-corrected chi connectivity index (χ1v) is 6.33. The Balaban J connectivity index is 2.58. The van der Waals surface area contributed by atoms with Gasteiger partial charge in [-0.3, -0.25) is 9.78 Å². The van der Waals surface area contributed by atoms with Crippen molar-refractivity contribution in [3.63, 3.8) is 0 Å². The average Bonchev–Trinajstić information content (AvgIpc) is 2.46. The monoisotopic (exact) mass is 253 g/mol. The molecule has 0 aliphatic rings. The number of hydrogen-bond donors (Lipinski definition) is 0. The van der Waals surface area contributed by atoms with E-state index >= 15 is 0 Å². The molecule has 2 heterocycles. The molecule has 0 bridgehead atoms. The molecular weight excluding hydrogens is 238 g/mol. The van der Waals surface area contributed by atoms with Gasteiger partial charge in [0.2, 0.25) is 0 Å². The highest BCUT2D eigenvalue weighted by Crippen LogP contribution is 2.15. The molecule has 0 atom stereocenters. The normalized spacial score (nSPS) is 10.1. The molecule has 0 aromatic carbocycles. The van der Waals surface area contributed by atoms with Crippen LogP contribution in [0.25, 0.3) is 11.4 Å². The van der Waals surface area contributed by atoms with E-state index in [1.807, 2.05) is 24.3 Å². The van der Waals surface area contributed by atoms with Crippen LogP contribution in [0, 0.1) is 11.3 Å². The molecule has 96 valence electrons. The van der Waals surface area contributed by atoms with Crippen LogP contribution in [0.15, 0.2) is 41.3 Å². The van der Waals surface area contributed by atoms with Gasteiger partial charge in [0.1, 0.15) is 11.6 Å². The lowest BCUT2D eigenvalue weighted by atomic mass is 10.2. The predicted molar refractivity (Wildman–Crippen MR) is 73.6 cm³/mol. The molecule has 0 saturated heterocycles. The van der Waals surface area contributed by atoms with E-state index in [4.69, 9.17) is 5.26 Å². The molecule has 0 spiro atoms. The summed E-state index contributed by atoms with van der Waals surface area (Å²) in [5.74, 6) is 0. The Morgan fingerprint density at radius 2 is 2.16 bits per heavy atom. The summed E-state index contributed by atoms with van der Waals surface area (Å²) in [5.41, 5.74) is 1.45. The topological polar surface area (TPSA) is 58.7 Å². The third-order valence-electron chi connectivity index (χ3n) is 2.96. The zero-order valence-electron chi connectivity index (χ0n) is 10.8. The maximum Gasteiger partial charge on any atom is 0.268 e. The lowest BCUT2D eigenvalue weighted by Gasteiger charge is -2.12. The van der Waals surface area contributed by atoms with Gasteiger partial charge in [0, 0.05) is 12.7 Å². The average molecular weight is 253 g/mol. The van der Waals surface area contributed by atoms with E-state index in [0.29, 0.717) is 6.54 Å².